The third-order valence-corrected chi connectivity index (χ3v) is 6.03. The molecule has 0 aliphatic rings. The Balaban J connectivity index is 3.49. The first kappa shape index (κ1) is 17.1. The molecule has 0 rings (SSSR count). The van der Waals surface area contributed by atoms with Crippen LogP contribution in [-0.4, -0.2) is 30.1 Å². The van der Waals surface area contributed by atoms with Crippen LogP contribution in [0.5, 0.6) is 0 Å². The van der Waals surface area contributed by atoms with Crippen molar-refractivity contribution >= 4 is 8.80 Å². The fourth-order valence-electron chi connectivity index (χ4n) is 1.98. The molecule has 17 heavy (non-hydrogen) atoms. The van der Waals surface area contributed by atoms with Crippen LogP contribution in [0.1, 0.15) is 52.4 Å². The van der Waals surface area contributed by atoms with Crippen LogP contribution in [0.15, 0.2) is 0 Å². The van der Waals surface area contributed by atoms with Gasteiger partial charge in [-0.15, -0.1) is 0 Å². The van der Waals surface area contributed by atoms with Gasteiger partial charge in [-0.05, 0) is 12.3 Å². The molecular formula is C13H30O3Si. The molecule has 0 aromatic heterocycles. The quantitative estimate of drug-likeness (QED) is 0.418. The van der Waals surface area contributed by atoms with Crippen molar-refractivity contribution in [3.05, 3.63) is 0 Å². The van der Waals surface area contributed by atoms with Gasteiger partial charge in [0.25, 0.3) is 0 Å². The van der Waals surface area contributed by atoms with Gasteiger partial charge in [0.15, 0.2) is 0 Å². The Morgan fingerprint density at radius 3 is 1.71 bits per heavy atom. The van der Waals surface area contributed by atoms with E-state index in [2.05, 4.69) is 13.8 Å². The van der Waals surface area contributed by atoms with Crippen LogP contribution >= 0.6 is 0 Å². The first-order chi connectivity index (χ1) is 8.10. The van der Waals surface area contributed by atoms with Gasteiger partial charge in [-0.2, -0.15) is 0 Å². The molecule has 0 aromatic carbocycles. The summed E-state index contributed by atoms with van der Waals surface area (Å²) in [5.41, 5.74) is 0. The highest BCUT2D eigenvalue weighted by Crippen LogP contribution is 2.18. The van der Waals surface area contributed by atoms with Crippen LogP contribution in [0.4, 0.5) is 0 Å². The van der Waals surface area contributed by atoms with Gasteiger partial charge in [-0.3, -0.25) is 0 Å². The average molecular weight is 262 g/mol. The van der Waals surface area contributed by atoms with Gasteiger partial charge in [-0.25, -0.2) is 0 Å². The third kappa shape index (κ3) is 7.92. The molecule has 0 unspecified atom stereocenters. The van der Waals surface area contributed by atoms with E-state index < -0.39 is 8.80 Å². The van der Waals surface area contributed by atoms with Gasteiger partial charge >= 0.3 is 8.80 Å². The van der Waals surface area contributed by atoms with Crippen LogP contribution in [0.25, 0.3) is 0 Å². The van der Waals surface area contributed by atoms with Crippen molar-refractivity contribution in [2.75, 3.05) is 21.3 Å². The van der Waals surface area contributed by atoms with Crippen molar-refractivity contribution in [2.24, 2.45) is 5.92 Å². The standard InChI is InChI=1S/C13H30O3Si/c1-13(2)11-9-7-6-8-10-12-17(14-3,15-4)16-5/h13H,6-12H2,1-5H3. The fraction of sp³-hybridized carbons (Fsp3) is 1.00. The summed E-state index contributed by atoms with van der Waals surface area (Å²) in [6, 6.07) is 0.931. The second-order valence-electron chi connectivity index (χ2n) is 5.00. The molecule has 0 spiro atoms. The van der Waals surface area contributed by atoms with Gasteiger partial charge in [-0.1, -0.05) is 46.0 Å². The molecule has 0 saturated carbocycles. The van der Waals surface area contributed by atoms with Crippen molar-refractivity contribution in [1.29, 1.82) is 0 Å². The van der Waals surface area contributed by atoms with Crippen LogP contribution in [0.2, 0.25) is 6.04 Å². The molecule has 104 valence electrons. The zero-order valence-corrected chi connectivity index (χ0v) is 13.3. The lowest BCUT2D eigenvalue weighted by molar-refractivity contribution is 0.122. The van der Waals surface area contributed by atoms with Gasteiger partial charge < -0.3 is 13.3 Å². The SMILES string of the molecule is CO[Si](CCCCCCCC(C)C)(OC)OC. The van der Waals surface area contributed by atoms with E-state index in [1.54, 1.807) is 21.3 Å². The van der Waals surface area contributed by atoms with Crippen LogP contribution in [0.3, 0.4) is 0 Å². The minimum Gasteiger partial charge on any atom is -0.377 e. The molecule has 3 nitrogen and oxygen atoms in total. The molecule has 0 radical (unpaired) electrons. The first-order valence-corrected chi connectivity index (χ1v) is 8.69. The Hall–Kier alpha value is 0.0969. The molecule has 0 amide bonds. The molecule has 0 saturated heterocycles. The van der Waals surface area contributed by atoms with E-state index in [1.165, 1.54) is 32.1 Å². The number of hydrogen-bond acceptors (Lipinski definition) is 3. The predicted molar refractivity (Wildman–Crippen MR) is 74.1 cm³/mol. The van der Waals surface area contributed by atoms with Crippen molar-refractivity contribution in [3.63, 3.8) is 0 Å². The minimum absolute atomic E-state index is 0.838. The molecular weight excluding hydrogens is 232 g/mol. The summed E-state index contributed by atoms with van der Waals surface area (Å²) < 4.78 is 16.2. The number of rotatable bonds is 11. The summed E-state index contributed by atoms with van der Waals surface area (Å²) in [4.78, 5) is 0. The van der Waals surface area contributed by atoms with Crippen LogP contribution in [-0.2, 0) is 13.3 Å². The Kier molecular flexibility index (Phi) is 10.1. The predicted octanol–water partition coefficient (Wildman–Crippen LogP) is 3.86. The monoisotopic (exact) mass is 262 g/mol. The van der Waals surface area contributed by atoms with Crippen molar-refractivity contribution < 1.29 is 13.3 Å². The normalized spacial score (nSPS) is 12.4. The van der Waals surface area contributed by atoms with Crippen LogP contribution in [0, 0.1) is 5.92 Å². The molecule has 0 atom stereocenters. The molecule has 0 aliphatic carbocycles. The number of hydrogen-bond donors (Lipinski definition) is 0. The summed E-state index contributed by atoms with van der Waals surface area (Å²) in [5.74, 6) is 0.838. The lowest BCUT2D eigenvalue weighted by Crippen LogP contribution is -2.42. The van der Waals surface area contributed by atoms with Crippen molar-refractivity contribution in [3.8, 4) is 0 Å². The van der Waals surface area contributed by atoms with Gasteiger partial charge in [0.1, 0.15) is 0 Å². The van der Waals surface area contributed by atoms with E-state index in [-0.39, 0.29) is 0 Å². The van der Waals surface area contributed by atoms with E-state index in [9.17, 15) is 0 Å². The topological polar surface area (TPSA) is 27.7 Å². The maximum atomic E-state index is 5.39. The Bertz CT molecular complexity index is 162. The Morgan fingerprint density at radius 2 is 1.24 bits per heavy atom. The summed E-state index contributed by atoms with van der Waals surface area (Å²) in [6.45, 7) is 4.57. The fourth-order valence-corrected chi connectivity index (χ4v) is 3.78. The Morgan fingerprint density at radius 1 is 0.765 bits per heavy atom. The highest BCUT2D eigenvalue weighted by molar-refractivity contribution is 6.60. The molecule has 0 bridgehead atoms. The van der Waals surface area contributed by atoms with E-state index >= 15 is 0 Å². The van der Waals surface area contributed by atoms with E-state index in [0.29, 0.717) is 0 Å². The van der Waals surface area contributed by atoms with Crippen molar-refractivity contribution in [2.45, 2.75) is 58.4 Å². The second kappa shape index (κ2) is 10.1. The number of unbranched alkanes of at least 4 members (excludes halogenated alkanes) is 4. The highest BCUT2D eigenvalue weighted by atomic mass is 28.4. The van der Waals surface area contributed by atoms with E-state index in [4.69, 9.17) is 13.3 Å². The Labute approximate surface area is 108 Å². The molecule has 4 heteroatoms. The molecule has 0 aromatic rings. The maximum Gasteiger partial charge on any atom is 0.500 e. The van der Waals surface area contributed by atoms with Crippen molar-refractivity contribution in [1.82, 2.24) is 0 Å². The summed E-state index contributed by atoms with van der Waals surface area (Å²) in [7, 11) is 2.74. The zero-order chi connectivity index (χ0) is 13.1. The zero-order valence-electron chi connectivity index (χ0n) is 12.3. The third-order valence-electron chi connectivity index (χ3n) is 3.20. The molecule has 0 fully saturated rings. The van der Waals surface area contributed by atoms with Gasteiger partial charge in [0.05, 0.1) is 0 Å². The minimum atomic E-state index is -2.30. The summed E-state index contributed by atoms with van der Waals surface area (Å²) in [6.07, 6.45) is 7.77. The van der Waals surface area contributed by atoms with Gasteiger partial charge in [0, 0.05) is 27.4 Å². The molecule has 0 N–H and O–H groups in total. The smallest absolute Gasteiger partial charge is 0.377 e. The molecule has 0 heterocycles. The largest absolute Gasteiger partial charge is 0.500 e. The second-order valence-corrected chi connectivity index (χ2v) is 8.09. The van der Waals surface area contributed by atoms with Crippen LogP contribution < -0.4 is 0 Å². The first-order valence-electron chi connectivity index (χ1n) is 6.75. The summed E-state index contributed by atoms with van der Waals surface area (Å²) >= 11 is 0. The van der Waals surface area contributed by atoms with E-state index in [1.807, 2.05) is 0 Å². The highest BCUT2D eigenvalue weighted by Gasteiger charge is 2.36. The summed E-state index contributed by atoms with van der Waals surface area (Å²) in [5, 5.41) is 0. The van der Waals surface area contributed by atoms with E-state index in [0.717, 1.165) is 18.4 Å². The lowest BCUT2D eigenvalue weighted by atomic mass is 10.0. The average Bonchev–Trinajstić information content (AvgIpc) is 2.33. The van der Waals surface area contributed by atoms with Gasteiger partial charge in [0.2, 0.25) is 0 Å². The lowest BCUT2D eigenvalue weighted by Gasteiger charge is -2.24. The molecule has 0 aliphatic heterocycles. The maximum absolute atomic E-state index is 5.39.